The fourth-order valence-electron chi connectivity index (χ4n) is 2.37. The molecule has 0 radical (unpaired) electrons. The summed E-state index contributed by atoms with van der Waals surface area (Å²) < 4.78 is 7.72. The van der Waals surface area contributed by atoms with Gasteiger partial charge in [0.05, 0.1) is 18.9 Å². The maximum absolute atomic E-state index is 6.26. The second kappa shape index (κ2) is 6.31. The van der Waals surface area contributed by atoms with Crippen LogP contribution in [0.25, 0.3) is 0 Å². The molecule has 0 aromatic carbocycles. The lowest BCUT2D eigenvalue weighted by atomic mass is 10.0. The molecule has 1 aromatic heterocycles. The first-order valence-electron chi connectivity index (χ1n) is 6.83. The van der Waals surface area contributed by atoms with Crippen LogP contribution in [0.15, 0.2) is 12.4 Å². The minimum Gasteiger partial charge on any atom is -0.374 e. The molecule has 1 aliphatic heterocycles. The van der Waals surface area contributed by atoms with Crippen LogP contribution in [-0.4, -0.2) is 53.1 Å². The van der Waals surface area contributed by atoms with Crippen LogP contribution in [0.5, 0.6) is 0 Å². The van der Waals surface area contributed by atoms with E-state index in [1.54, 1.807) is 0 Å². The monoisotopic (exact) mass is 252 g/mol. The molecular formula is C13H24N4O. The first kappa shape index (κ1) is 13.5. The maximum atomic E-state index is 6.26. The summed E-state index contributed by atoms with van der Waals surface area (Å²) in [7, 11) is 0. The van der Waals surface area contributed by atoms with Gasteiger partial charge in [-0.3, -0.25) is 9.58 Å². The number of rotatable bonds is 5. The van der Waals surface area contributed by atoms with E-state index >= 15 is 0 Å². The van der Waals surface area contributed by atoms with Gasteiger partial charge in [-0.2, -0.15) is 5.10 Å². The van der Waals surface area contributed by atoms with E-state index in [9.17, 15) is 0 Å². The van der Waals surface area contributed by atoms with E-state index in [0.717, 1.165) is 39.2 Å². The summed E-state index contributed by atoms with van der Waals surface area (Å²) in [6, 6.07) is 0.0499. The number of likely N-dealkylation sites (N-methyl/N-ethyl adjacent to an activating group) is 1. The summed E-state index contributed by atoms with van der Waals surface area (Å²) in [6.07, 6.45) is 4.95. The Bertz CT molecular complexity index is 366. The van der Waals surface area contributed by atoms with E-state index in [4.69, 9.17) is 10.5 Å². The zero-order valence-electron chi connectivity index (χ0n) is 11.4. The molecule has 1 fully saturated rings. The minimum absolute atomic E-state index is 0.0499. The molecule has 1 saturated heterocycles. The molecule has 0 spiro atoms. The second-order valence-corrected chi connectivity index (χ2v) is 4.87. The summed E-state index contributed by atoms with van der Waals surface area (Å²) in [5.41, 5.74) is 7.46. The lowest BCUT2D eigenvalue weighted by Crippen LogP contribution is -2.51. The number of aryl methyl sites for hydroxylation is 1. The van der Waals surface area contributed by atoms with Crippen molar-refractivity contribution in [3.63, 3.8) is 0 Å². The third kappa shape index (κ3) is 3.31. The number of ether oxygens (including phenoxy) is 1. The van der Waals surface area contributed by atoms with Gasteiger partial charge in [-0.25, -0.2) is 0 Å². The molecule has 0 saturated carbocycles. The van der Waals surface area contributed by atoms with E-state index in [1.165, 1.54) is 5.56 Å². The molecule has 18 heavy (non-hydrogen) atoms. The summed E-state index contributed by atoms with van der Waals surface area (Å²) in [6.45, 7) is 8.99. The maximum Gasteiger partial charge on any atom is 0.0856 e. The van der Waals surface area contributed by atoms with Crippen LogP contribution < -0.4 is 5.73 Å². The summed E-state index contributed by atoms with van der Waals surface area (Å²) in [5.74, 6) is 0. The second-order valence-electron chi connectivity index (χ2n) is 4.87. The highest BCUT2D eigenvalue weighted by Gasteiger charge is 2.25. The van der Waals surface area contributed by atoms with E-state index in [-0.39, 0.29) is 12.1 Å². The molecule has 1 aromatic rings. The largest absolute Gasteiger partial charge is 0.374 e. The highest BCUT2D eigenvalue weighted by atomic mass is 16.5. The quantitative estimate of drug-likeness (QED) is 0.829. The molecule has 102 valence electrons. The summed E-state index contributed by atoms with van der Waals surface area (Å²) in [5, 5.41) is 4.27. The van der Waals surface area contributed by atoms with Gasteiger partial charge in [0.25, 0.3) is 0 Å². The lowest BCUT2D eigenvalue weighted by Gasteiger charge is -2.35. The van der Waals surface area contributed by atoms with Crippen molar-refractivity contribution in [3.8, 4) is 0 Å². The zero-order valence-corrected chi connectivity index (χ0v) is 11.4. The van der Waals surface area contributed by atoms with Crippen molar-refractivity contribution in [1.82, 2.24) is 14.7 Å². The van der Waals surface area contributed by atoms with E-state index < -0.39 is 0 Å². The lowest BCUT2D eigenvalue weighted by molar-refractivity contribution is -0.0385. The number of hydrogen-bond donors (Lipinski definition) is 1. The molecule has 2 rings (SSSR count). The Morgan fingerprint density at radius 2 is 2.33 bits per heavy atom. The Morgan fingerprint density at radius 1 is 1.50 bits per heavy atom. The standard InChI is InChI=1S/C13H24N4O/c1-3-16-5-6-18-13(10-16)12(14)7-11-8-15-17(4-2)9-11/h8-9,12-13H,3-7,10,14H2,1-2H3. The van der Waals surface area contributed by atoms with Gasteiger partial charge in [0, 0.05) is 31.9 Å². The van der Waals surface area contributed by atoms with Crippen LogP contribution in [0.3, 0.4) is 0 Å². The van der Waals surface area contributed by atoms with Crippen molar-refractivity contribution in [2.45, 2.75) is 39.0 Å². The number of nitrogens with zero attached hydrogens (tertiary/aromatic N) is 3. The van der Waals surface area contributed by atoms with Crippen molar-refractivity contribution in [2.24, 2.45) is 5.73 Å². The van der Waals surface area contributed by atoms with Crippen molar-refractivity contribution >= 4 is 0 Å². The Kier molecular flexibility index (Phi) is 4.74. The van der Waals surface area contributed by atoms with Crippen LogP contribution in [0.2, 0.25) is 0 Å². The predicted molar refractivity (Wildman–Crippen MR) is 71.4 cm³/mol. The Labute approximate surface area is 109 Å². The molecule has 2 atom stereocenters. The van der Waals surface area contributed by atoms with Crippen LogP contribution in [0.4, 0.5) is 0 Å². The highest BCUT2D eigenvalue weighted by Crippen LogP contribution is 2.11. The molecule has 2 N–H and O–H groups in total. The number of morpholine rings is 1. The van der Waals surface area contributed by atoms with E-state index in [1.807, 2.05) is 10.9 Å². The smallest absolute Gasteiger partial charge is 0.0856 e. The minimum atomic E-state index is 0.0499. The van der Waals surface area contributed by atoms with Crippen molar-refractivity contribution in [3.05, 3.63) is 18.0 Å². The summed E-state index contributed by atoms with van der Waals surface area (Å²) >= 11 is 0. The Hall–Kier alpha value is -0.910. The van der Waals surface area contributed by atoms with Gasteiger partial charge in [-0.1, -0.05) is 6.92 Å². The van der Waals surface area contributed by atoms with Gasteiger partial charge in [0.15, 0.2) is 0 Å². The molecule has 1 aliphatic rings. The highest BCUT2D eigenvalue weighted by molar-refractivity contribution is 5.07. The normalized spacial score (nSPS) is 23.2. The van der Waals surface area contributed by atoms with Crippen LogP contribution in [0, 0.1) is 0 Å². The zero-order chi connectivity index (χ0) is 13.0. The van der Waals surface area contributed by atoms with Crippen LogP contribution in [-0.2, 0) is 17.7 Å². The van der Waals surface area contributed by atoms with Gasteiger partial charge in [-0.15, -0.1) is 0 Å². The third-order valence-electron chi connectivity index (χ3n) is 3.58. The summed E-state index contributed by atoms with van der Waals surface area (Å²) in [4.78, 5) is 2.39. The van der Waals surface area contributed by atoms with E-state index in [0.29, 0.717) is 0 Å². The molecular weight excluding hydrogens is 228 g/mol. The van der Waals surface area contributed by atoms with Gasteiger partial charge in [0.1, 0.15) is 0 Å². The molecule has 5 nitrogen and oxygen atoms in total. The predicted octanol–water partition coefficient (Wildman–Crippen LogP) is 0.494. The topological polar surface area (TPSA) is 56.3 Å². The fraction of sp³-hybridized carbons (Fsp3) is 0.769. The average Bonchev–Trinajstić information content (AvgIpc) is 2.86. The first-order valence-corrected chi connectivity index (χ1v) is 6.83. The van der Waals surface area contributed by atoms with Gasteiger partial charge >= 0.3 is 0 Å². The van der Waals surface area contributed by atoms with E-state index in [2.05, 4.69) is 30.0 Å². The molecule has 0 amide bonds. The third-order valence-corrected chi connectivity index (χ3v) is 3.58. The van der Waals surface area contributed by atoms with Crippen molar-refractivity contribution < 1.29 is 4.74 Å². The molecule has 2 heterocycles. The first-order chi connectivity index (χ1) is 8.72. The number of aromatic nitrogens is 2. The Balaban J connectivity index is 1.88. The fourth-order valence-corrected chi connectivity index (χ4v) is 2.37. The van der Waals surface area contributed by atoms with Gasteiger partial charge < -0.3 is 10.5 Å². The molecule has 0 aliphatic carbocycles. The number of hydrogen-bond acceptors (Lipinski definition) is 4. The SMILES string of the molecule is CCN1CCOC(C(N)Cc2cnn(CC)c2)C1. The molecule has 0 bridgehead atoms. The average molecular weight is 252 g/mol. The van der Waals surface area contributed by atoms with Gasteiger partial charge in [0.2, 0.25) is 0 Å². The van der Waals surface area contributed by atoms with Crippen molar-refractivity contribution in [2.75, 3.05) is 26.2 Å². The van der Waals surface area contributed by atoms with Gasteiger partial charge in [-0.05, 0) is 25.5 Å². The van der Waals surface area contributed by atoms with Crippen LogP contribution in [0.1, 0.15) is 19.4 Å². The Morgan fingerprint density at radius 3 is 3.00 bits per heavy atom. The molecule has 2 unspecified atom stereocenters. The number of nitrogens with two attached hydrogens (primary N) is 1. The van der Waals surface area contributed by atoms with Crippen LogP contribution >= 0.6 is 0 Å². The van der Waals surface area contributed by atoms with Crippen molar-refractivity contribution in [1.29, 1.82) is 0 Å². The molecule has 5 heteroatoms.